The normalized spacial score (nSPS) is 11.2. The molecule has 1 rings (SSSR count). The summed E-state index contributed by atoms with van der Waals surface area (Å²) in [5.41, 5.74) is -0.915. The molecule has 100 valence electrons. The van der Waals surface area contributed by atoms with Crippen LogP contribution in [0, 0.1) is 0 Å². The highest BCUT2D eigenvalue weighted by atomic mass is 35.5. The molecule has 0 aliphatic carbocycles. The minimum atomic E-state index is -4.51. The summed E-state index contributed by atoms with van der Waals surface area (Å²) in [6, 6.07) is 1.52. The lowest BCUT2D eigenvalue weighted by Crippen LogP contribution is -2.28. The van der Waals surface area contributed by atoms with Gasteiger partial charge in [0.25, 0.3) is 0 Å². The first-order chi connectivity index (χ1) is 8.20. The molecule has 1 amide bonds. The van der Waals surface area contributed by atoms with Gasteiger partial charge in [0.15, 0.2) is 0 Å². The summed E-state index contributed by atoms with van der Waals surface area (Å²) >= 11 is 5.49. The number of aromatic nitrogens is 1. The van der Waals surface area contributed by atoms with E-state index in [-0.39, 0.29) is 23.4 Å². The van der Waals surface area contributed by atoms with Gasteiger partial charge in [0.05, 0.1) is 12.1 Å². The van der Waals surface area contributed by atoms with E-state index in [1.807, 2.05) is 0 Å². The highest BCUT2D eigenvalue weighted by molar-refractivity contribution is 6.29. The van der Waals surface area contributed by atoms with E-state index in [1.165, 1.54) is 19.0 Å². The van der Waals surface area contributed by atoms with Gasteiger partial charge in [0.2, 0.25) is 5.91 Å². The van der Waals surface area contributed by atoms with Crippen LogP contribution in [0.4, 0.5) is 19.0 Å². The Kier molecular flexibility index (Phi) is 4.39. The molecule has 18 heavy (non-hydrogen) atoms. The molecule has 0 spiro atoms. The zero-order valence-corrected chi connectivity index (χ0v) is 10.4. The third-order valence-electron chi connectivity index (χ3n) is 2.04. The predicted octanol–water partition coefficient (Wildman–Crippen LogP) is 2.25. The molecule has 0 bridgehead atoms. The molecule has 0 atom stereocenters. The fourth-order valence-electron chi connectivity index (χ4n) is 1.08. The van der Waals surface area contributed by atoms with Crippen LogP contribution >= 0.6 is 11.6 Å². The molecule has 0 radical (unpaired) electrons. The SMILES string of the molecule is CN(C)C(=O)CNc1cc(C(F)(F)F)cc(Cl)n1. The third-order valence-corrected chi connectivity index (χ3v) is 2.23. The van der Waals surface area contributed by atoms with Crippen LogP contribution in [0.25, 0.3) is 0 Å². The fraction of sp³-hybridized carbons (Fsp3) is 0.400. The van der Waals surface area contributed by atoms with E-state index in [0.717, 1.165) is 12.1 Å². The van der Waals surface area contributed by atoms with E-state index in [9.17, 15) is 18.0 Å². The van der Waals surface area contributed by atoms with E-state index < -0.39 is 11.7 Å². The van der Waals surface area contributed by atoms with Crippen molar-refractivity contribution in [3.63, 3.8) is 0 Å². The van der Waals surface area contributed by atoms with Crippen LogP contribution < -0.4 is 5.32 Å². The van der Waals surface area contributed by atoms with Gasteiger partial charge in [0, 0.05) is 14.1 Å². The van der Waals surface area contributed by atoms with Gasteiger partial charge < -0.3 is 10.2 Å². The summed E-state index contributed by atoms with van der Waals surface area (Å²) < 4.78 is 37.5. The minimum absolute atomic E-state index is 0.0926. The van der Waals surface area contributed by atoms with Gasteiger partial charge in [-0.25, -0.2) is 4.98 Å². The number of anilines is 1. The maximum Gasteiger partial charge on any atom is 0.416 e. The molecule has 0 aromatic carbocycles. The number of pyridine rings is 1. The Hall–Kier alpha value is -1.50. The standard InChI is InChI=1S/C10H11ClF3N3O/c1-17(2)9(18)5-15-8-4-6(10(12,13)14)3-7(11)16-8/h3-4H,5H2,1-2H3,(H,15,16). The third kappa shape index (κ3) is 4.06. The number of rotatable bonds is 3. The molecule has 0 saturated carbocycles. The van der Waals surface area contributed by atoms with Gasteiger partial charge in [0.1, 0.15) is 11.0 Å². The lowest BCUT2D eigenvalue weighted by Gasteiger charge is -2.13. The quantitative estimate of drug-likeness (QED) is 0.865. The smallest absolute Gasteiger partial charge is 0.361 e. The molecule has 0 aliphatic rings. The second-order valence-corrected chi connectivity index (χ2v) is 4.09. The van der Waals surface area contributed by atoms with Gasteiger partial charge in [-0.05, 0) is 12.1 Å². The fourth-order valence-corrected chi connectivity index (χ4v) is 1.28. The highest BCUT2D eigenvalue weighted by Gasteiger charge is 2.31. The molecule has 0 aliphatic heterocycles. The molecule has 0 saturated heterocycles. The first-order valence-corrected chi connectivity index (χ1v) is 5.27. The predicted molar refractivity (Wildman–Crippen MR) is 61.4 cm³/mol. The molecule has 1 aromatic rings. The summed E-state index contributed by atoms with van der Waals surface area (Å²) in [7, 11) is 3.08. The van der Waals surface area contributed by atoms with Crippen LogP contribution in [0.1, 0.15) is 5.56 Å². The topological polar surface area (TPSA) is 45.2 Å². The summed E-state index contributed by atoms with van der Waals surface area (Å²) in [6.07, 6.45) is -4.51. The van der Waals surface area contributed by atoms with Crippen LogP contribution in [0.15, 0.2) is 12.1 Å². The average Bonchev–Trinajstić information content (AvgIpc) is 2.23. The molecule has 0 unspecified atom stereocenters. The van der Waals surface area contributed by atoms with Crippen LogP contribution in [0.3, 0.4) is 0 Å². The van der Waals surface area contributed by atoms with E-state index in [2.05, 4.69) is 10.3 Å². The van der Waals surface area contributed by atoms with Crippen LogP contribution in [0.5, 0.6) is 0 Å². The van der Waals surface area contributed by atoms with Gasteiger partial charge >= 0.3 is 6.18 Å². The number of nitrogens with one attached hydrogen (secondary N) is 1. The zero-order valence-electron chi connectivity index (χ0n) is 9.68. The number of amides is 1. The molecule has 0 fully saturated rings. The highest BCUT2D eigenvalue weighted by Crippen LogP contribution is 2.31. The Morgan fingerprint density at radius 2 is 2.06 bits per heavy atom. The van der Waals surface area contributed by atoms with Crippen molar-refractivity contribution < 1.29 is 18.0 Å². The Bertz CT molecular complexity index is 448. The van der Waals surface area contributed by atoms with Crippen molar-refractivity contribution in [1.29, 1.82) is 0 Å². The lowest BCUT2D eigenvalue weighted by molar-refractivity contribution is -0.137. The van der Waals surface area contributed by atoms with Gasteiger partial charge in [-0.2, -0.15) is 13.2 Å². The van der Waals surface area contributed by atoms with E-state index in [1.54, 1.807) is 0 Å². The van der Waals surface area contributed by atoms with Crippen molar-refractivity contribution in [2.24, 2.45) is 0 Å². The molecular formula is C10H11ClF3N3O. The monoisotopic (exact) mass is 281 g/mol. The number of alkyl halides is 3. The van der Waals surface area contributed by atoms with Crippen molar-refractivity contribution in [1.82, 2.24) is 9.88 Å². The number of nitrogens with zero attached hydrogens (tertiary/aromatic N) is 2. The lowest BCUT2D eigenvalue weighted by atomic mass is 10.2. The summed E-state index contributed by atoms with van der Waals surface area (Å²) in [5.74, 6) is -0.379. The van der Waals surface area contributed by atoms with Crippen molar-refractivity contribution in [3.05, 3.63) is 22.8 Å². The average molecular weight is 282 g/mol. The molecule has 1 aromatic heterocycles. The van der Waals surface area contributed by atoms with Crippen molar-refractivity contribution in [2.75, 3.05) is 26.0 Å². The van der Waals surface area contributed by atoms with E-state index in [0.29, 0.717) is 0 Å². The first-order valence-electron chi connectivity index (χ1n) is 4.89. The molecule has 8 heteroatoms. The number of likely N-dealkylation sites (N-methyl/N-ethyl adjacent to an activating group) is 1. The molecular weight excluding hydrogens is 271 g/mol. The Morgan fingerprint density at radius 3 is 2.56 bits per heavy atom. The maximum absolute atomic E-state index is 12.5. The largest absolute Gasteiger partial charge is 0.416 e. The summed E-state index contributed by atoms with van der Waals surface area (Å²) in [6.45, 7) is -0.155. The van der Waals surface area contributed by atoms with E-state index >= 15 is 0 Å². The van der Waals surface area contributed by atoms with Gasteiger partial charge in [-0.15, -0.1) is 0 Å². The Labute approximate surface area is 107 Å². The number of hydrogen-bond donors (Lipinski definition) is 1. The van der Waals surface area contributed by atoms with Crippen LogP contribution in [-0.4, -0.2) is 36.4 Å². The van der Waals surface area contributed by atoms with Gasteiger partial charge in [-0.3, -0.25) is 4.79 Å². The minimum Gasteiger partial charge on any atom is -0.361 e. The maximum atomic E-state index is 12.5. The number of carbonyl (C=O) groups excluding carboxylic acids is 1. The van der Waals surface area contributed by atoms with Gasteiger partial charge in [-0.1, -0.05) is 11.6 Å². The molecule has 1 heterocycles. The Balaban J connectivity index is 2.84. The molecule has 1 N–H and O–H groups in total. The van der Waals surface area contributed by atoms with Crippen molar-refractivity contribution in [2.45, 2.75) is 6.18 Å². The summed E-state index contributed by atoms with van der Waals surface area (Å²) in [4.78, 5) is 16.2. The van der Waals surface area contributed by atoms with E-state index in [4.69, 9.17) is 11.6 Å². The second-order valence-electron chi connectivity index (χ2n) is 3.70. The Morgan fingerprint density at radius 1 is 1.44 bits per heavy atom. The summed E-state index contributed by atoms with van der Waals surface area (Å²) in [5, 5.41) is 2.20. The number of carbonyl (C=O) groups is 1. The first kappa shape index (κ1) is 14.6. The van der Waals surface area contributed by atoms with Crippen LogP contribution in [-0.2, 0) is 11.0 Å². The van der Waals surface area contributed by atoms with Crippen molar-refractivity contribution in [3.8, 4) is 0 Å². The zero-order chi connectivity index (χ0) is 13.9. The number of hydrogen-bond acceptors (Lipinski definition) is 3. The number of halogens is 4. The second kappa shape index (κ2) is 5.43. The molecule has 4 nitrogen and oxygen atoms in total. The van der Waals surface area contributed by atoms with Crippen molar-refractivity contribution >= 4 is 23.3 Å². The van der Waals surface area contributed by atoms with Crippen LogP contribution in [0.2, 0.25) is 5.15 Å².